The van der Waals surface area contributed by atoms with Crippen LogP contribution in [0.25, 0.3) is 0 Å². The zero-order valence-electron chi connectivity index (χ0n) is 2.82. The molecule has 6 heteroatoms. The van der Waals surface area contributed by atoms with Gasteiger partial charge < -0.3 is 10.5 Å². The molecular formula is H2Li2Na2O2. The molecule has 0 atom stereocenters. The van der Waals surface area contributed by atoms with E-state index in [4.69, 9.17) is 10.5 Å². The van der Waals surface area contributed by atoms with Crippen LogP contribution < -0.4 is 69.6 Å². The standard InChI is InChI=1S/2Li.2Na.O2.2H/c;;;;1-2;;/q;;2*+1;-2;;. The van der Waals surface area contributed by atoms with Gasteiger partial charge in [-0.1, -0.05) is 0 Å². The monoisotopic (exact) mass is 94.0 g/mol. The van der Waals surface area contributed by atoms with Crippen LogP contribution in [0.4, 0.5) is 0 Å². The molecule has 18 valence electrons. The summed E-state index contributed by atoms with van der Waals surface area (Å²) in [6.07, 6.45) is 0. The summed E-state index contributed by atoms with van der Waals surface area (Å²) in [6.45, 7) is 0. The summed E-state index contributed by atoms with van der Waals surface area (Å²) in [5, 5.41) is 14.0. The van der Waals surface area contributed by atoms with Crippen LogP contribution in [0.3, 0.4) is 0 Å². The fourth-order valence-electron chi connectivity index (χ4n) is 0. The van der Waals surface area contributed by atoms with Gasteiger partial charge >= 0.3 is 96.8 Å². The Morgan fingerprint density at radius 1 is 0.667 bits per heavy atom. The molecule has 0 aromatic rings. The van der Waals surface area contributed by atoms with Gasteiger partial charge in [-0.3, -0.25) is 0 Å². The van der Waals surface area contributed by atoms with Gasteiger partial charge in [-0.25, -0.2) is 0 Å². The first-order valence-electron chi connectivity index (χ1n) is 0.167. The van der Waals surface area contributed by atoms with Crippen molar-refractivity contribution in [2.45, 2.75) is 0 Å². The molecule has 0 aromatic heterocycles. The van der Waals surface area contributed by atoms with E-state index in [0.29, 0.717) is 0 Å². The van der Waals surface area contributed by atoms with E-state index in [9.17, 15) is 0 Å². The molecule has 0 saturated carbocycles. The zero-order valence-corrected chi connectivity index (χ0v) is 6.82. The Morgan fingerprint density at radius 3 is 0.667 bits per heavy atom. The van der Waals surface area contributed by atoms with Crippen molar-refractivity contribution in [3.63, 3.8) is 0 Å². The Hall–Kier alpha value is 3.11. The van der Waals surface area contributed by atoms with E-state index < -0.39 is 0 Å². The van der Waals surface area contributed by atoms with Gasteiger partial charge in [0.15, 0.2) is 0 Å². The summed E-state index contributed by atoms with van der Waals surface area (Å²) in [5.41, 5.74) is 0. The molecule has 0 spiro atoms. The van der Waals surface area contributed by atoms with E-state index >= 15 is 0 Å². The fourth-order valence-corrected chi connectivity index (χ4v) is 0. The third kappa shape index (κ3) is 27.4. The Bertz CT molecular complexity index is 9.51. The second kappa shape index (κ2) is 42.3. The van der Waals surface area contributed by atoms with Gasteiger partial charge in [0.2, 0.25) is 0 Å². The van der Waals surface area contributed by atoms with Crippen molar-refractivity contribution in [3.8, 4) is 0 Å². The van der Waals surface area contributed by atoms with Crippen molar-refractivity contribution in [1.29, 1.82) is 0 Å². The first-order chi connectivity index (χ1) is 1.00. The van der Waals surface area contributed by atoms with Gasteiger partial charge in [0.05, 0.1) is 0 Å². The first-order valence-corrected chi connectivity index (χ1v) is 0.167. The molecule has 0 aliphatic heterocycles. The van der Waals surface area contributed by atoms with E-state index in [1.54, 1.807) is 0 Å². The summed E-state index contributed by atoms with van der Waals surface area (Å²) in [7, 11) is 0. The molecule has 0 heterocycles. The largest absolute Gasteiger partial charge is 1.00 e. The molecule has 0 aliphatic rings. The van der Waals surface area contributed by atoms with E-state index in [1.165, 1.54) is 0 Å². The van der Waals surface area contributed by atoms with Crippen molar-refractivity contribution in [2.24, 2.45) is 0 Å². The van der Waals surface area contributed by atoms with Crippen LogP contribution in [0.15, 0.2) is 0 Å². The maximum absolute atomic E-state index is 7.00. The molecule has 2 nitrogen and oxygen atoms in total. The Kier molecular flexibility index (Phi) is 250. The molecular weight excluding hydrogens is 91.9 g/mol. The quantitative estimate of drug-likeness (QED) is 0.170. The molecule has 0 aromatic carbocycles. The van der Waals surface area contributed by atoms with Gasteiger partial charge in [0.1, 0.15) is 0 Å². The molecule has 0 saturated heterocycles. The summed E-state index contributed by atoms with van der Waals surface area (Å²) >= 11 is 0. The molecule has 0 rings (SSSR count). The number of hydrogen-bond acceptors (Lipinski definition) is 2. The van der Waals surface area contributed by atoms with Crippen LogP contribution in [0.5, 0.6) is 0 Å². The number of rotatable bonds is 0. The van der Waals surface area contributed by atoms with Crippen LogP contribution in [-0.2, 0) is 0 Å². The molecule has 0 fully saturated rings. The smallest absolute Gasteiger partial charge is 1.00 e. The van der Waals surface area contributed by atoms with E-state index in [1.807, 2.05) is 0 Å². The third-order valence-electron chi connectivity index (χ3n) is 0. The fraction of sp³-hybridized carbons (Fsp3) is 0. The molecule has 0 aliphatic carbocycles. The summed E-state index contributed by atoms with van der Waals surface area (Å²) in [4.78, 5) is 0. The average molecular weight is 93.9 g/mol. The topological polar surface area (TPSA) is 46.1 Å². The molecule has 6 heavy (non-hydrogen) atoms. The minimum atomic E-state index is 0. The third-order valence-corrected chi connectivity index (χ3v) is 0. The minimum absolute atomic E-state index is 0. The molecule has 0 amide bonds. The summed E-state index contributed by atoms with van der Waals surface area (Å²) < 4.78 is 0. The van der Waals surface area contributed by atoms with Crippen LogP contribution in [0, 0.1) is 0 Å². The summed E-state index contributed by atoms with van der Waals surface area (Å²) in [5.74, 6) is 0. The zero-order chi connectivity index (χ0) is 2.00. The van der Waals surface area contributed by atoms with Crippen LogP contribution in [-0.4, -0.2) is 37.7 Å². The predicted molar refractivity (Wildman–Crippen MR) is 14.3 cm³/mol. The van der Waals surface area contributed by atoms with Crippen LogP contribution >= 0.6 is 0 Å². The maximum Gasteiger partial charge on any atom is 1.00 e. The van der Waals surface area contributed by atoms with Crippen molar-refractivity contribution in [2.75, 3.05) is 0 Å². The van der Waals surface area contributed by atoms with Crippen LogP contribution in [0.2, 0.25) is 0 Å². The Morgan fingerprint density at radius 2 is 0.667 bits per heavy atom. The second-order valence-corrected chi connectivity index (χ2v) is 0. The molecule has 0 bridgehead atoms. The summed E-state index contributed by atoms with van der Waals surface area (Å²) in [6, 6.07) is 0. The normalized spacial score (nSPS) is 1.00. The number of hydrogen-bond donors (Lipinski definition) is 0. The first kappa shape index (κ1) is 35.4. The molecule has 0 unspecified atom stereocenters. The average Bonchev–Trinajstić information content (AvgIpc) is 1.00. The van der Waals surface area contributed by atoms with Gasteiger partial charge in [0.25, 0.3) is 0 Å². The van der Waals surface area contributed by atoms with Crippen molar-refractivity contribution >= 4 is 37.7 Å². The molecule has 0 N–H and O–H groups in total. The van der Waals surface area contributed by atoms with Crippen LogP contribution in [0.1, 0.15) is 0 Å². The minimum Gasteiger partial charge on any atom is -1.00 e. The van der Waals surface area contributed by atoms with E-state index in [0.717, 1.165) is 0 Å². The van der Waals surface area contributed by atoms with E-state index in [2.05, 4.69) is 0 Å². The van der Waals surface area contributed by atoms with E-state index in [-0.39, 0.29) is 96.8 Å². The van der Waals surface area contributed by atoms with Gasteiger partial charge in [0, 0.05) is 0 Å². The van der Waals surface area contributed by atoms with Gasteiger partial charge in [-0.2, -0.15) is 0 Å². The van der Waals surface area contributed by atoms with Gasteiger partial charge in [-0.05, 0) is 0 Å². The Balaban J connectivity index is -0.000000000833. The Labute approximate surface area is 105 Å². The predicted octanol–water partition coefficient (Wildman–Crippen LogP) is -9.67. The second-order valence-electron chi connectivity index (χ2n) is 0. The van der Waals surface area contributed by atoms with Crippen molar-refractivity contribution in [1.82, 2.24) is 0 Å². The van der Waals surface area contributed by atoms with Gasteiger partial charge in [-0.15, -0.1) is 0 Å². The maximum atomic E-state index is 7.00. The SMILES string of the molecule is [LiH].[LiH].[Na+].[Na+].[O-][O-]. The van der Waals surface area contributed by atoms with Crippen molar-refractivity contribution < 1.29 is 69.6 Å². The van der Waals surface area contributed by atoms with Crippen molar-refractivity contribution in [3.05, 3.63) is 0 Å². The molecule has 0 radical (unpaired) electrons.